The minimum atomic E-state index is 0.301. The molecule has 0 unspecified atom stereocenters. The Kier molecular flexibility index (Phi) is 2.94. The summed E-state index contributed by atoms with van der Waals surface area (Å²) in [4.78, 5) is 2.62. The number of nitrogens with zero attached hydrogens (tertiary/aromatic N) is 1. The average Bonchev–Trinajstić information content (AvgIpc) is 2.39. The van der Waals surface area contributed by atoms with Crippen molar-refractivity contribution < 1.29 is 4.74 Å². The fourth-order valence-electron chi connectivity index (χ4n) is 3.01. The van der Waals surface area contributed by atoms with Crippen molar-refractivity contribution in [2.45, 2.75) is 31.4 Å². The summed E-state index contributed by atoms with van der Waals surface area (Å²) in [6.07, 6.45) is 4.31. The van der Waals surface area contributed by atoms with Crippen molar-refractivity contribution >= 4 is 0 Å². The lowest BCUT2D eigenvalue weighted by atomic mass is 9.92. The largest absolute Gasteiger partial charge is 0.371 e. The first-order chi connectivity index (χ1) is 7.95. The van der Waals surface area contributed by atoms with Gasteiger partial charge in [0.2, 0.25) is 0 Å². The summed E-state index contributed by atoms with van der Waals surface area (Å²) in [5, 5.41) is 0. The maximum Gasteiger partial charge on any atom is 0.0980 e. The summed E-state index contributed by atoms with van der Waals surface area (Å²) in [5.74, 6) is 0. The van der Waals surface area contributed by atoms with Crippen molar-refractivity contribution in [1.29, 1.82) is 0 Å². The van der Waals surface area contributed by atoms with E-state index in [0.29, 0.717) is 12.1 Å². The van der Waals surface area contributed by atoms with E-state index in [1.807, 2.05) is 0 Å². The second-order valence-corrected chi connectivity index (χ2v) is 4.80. The second-order valence-electron chi connectivity index (χ2n) is 4.80. The summed E-state index contributed by atoms with van der Waals surface area (Å²) in [6.45, 7) is 3.27. The summed E-state index contributed by atoms with van der Waals surface area (Å²) in [5.41, 5.74) is 1.35. The van der Waals surface area contributed by atoms with Crippen LogP contribution in [0.5, 0.6) is 0 Å². The van der Waals surface area contributed by atoms with Gasteiger partial charge in [-0.1, -0.05) is 36.8 Å². The molecule has 0 bridgehead atoms. The highest BCUT2D eigenvalue weighted by Gasteiger charge is 2.34. The highest BCUT2D eigenvalue weighted by Crippen LogP contribution is 2.33. The molecule has 0 amide bonds. The van der Waals surface area contributed by atoms with Crippen molar-refractivity contribution in [2.24, 2.45) is 0 Å². The lowest BCUT2D eigenvalue weighted by Gasteiger charge is -2.44. The zero-order chi connectivity index (χ0) is 10.8. The standard InChI is InChI=1S/C14H19NO/c1-2-6-12(7-3-1)14-13-8-4-5-9-15(13)10-11-16-14/h1-3,6-7,13-14H,4-5,8-11H2/t13-,14-/m1/s1. The van der Waals surface area contributed by atoms with E-state index in [0.717, 1.165) is 13.2 Å². The van der Waals surface area contributed by atoms with Crippen LogP contribution in [0.3, 0.4) is 0 Å². The highest BCUT2D eigenvalue weighted by atomic mass is 16.5. The molecule has 2 heterocycles. The third-order valence-corrected chi connectivity index (χ3v) is 3.82. The second kappa shape index (κ2) is 4.56. The number of hydrogen-bond acceptors (Lipinski definition) is 2. The van der Waals surface area contributed by atoms with Gasteiger partial charge in [-0.05, 0) is 24.9 Å². The van der Waals surface area contributed by atoms with Gasteiger partial charge in [-0.25, -0.2) is 0 Å². The SMILES string of the molecule is c1ccc([C@H]2OCCN3CCCC[C@H]23)cc1. The van der Waals surface area contributed by atoms with Crippen LogP contribution in [0.1, 0.15) is 30.9 Å². The zero-order valence-electron chi connectivity index (χ0n) is 9.64. The van der Waals surface area contributed by atoms with Crippen molar-refractivity contribution in [2.75, 3.05) is 19.7 Å². The van der Waals surface area contributed by atoms with E-state index in [4.69, 9.17) is 4.74 Å². The molecule has 0 aliphatic carbocycles. The molecule has 2 aliphatic rings. The zero-order valence-corrected chi connectivity index (χ0v) is 9.64. The molecule has 2 nitrogen and oxygen atoms in total. The van der Waals surface area contributed by atoms with Crippen molar-refractivity contribution in [3.8, 4) is 0 Å². The first-order valence-electron chi connectivity index (χ1n) is 6.36. The van der Waals surface area contributed by atoms with Gasteiger partial charge in [-0.2, -0.15) is 0 Å². The normalized spacial score (nSPS) is 31.0. The van der Waals surface area contributed by atoms with Crippen LogP contribution in [0.25, 0.3) is 0 Å². The van der Waals surface area contributed by atoms with Gasteiger partial charge in [-0.15, -0.1) is 0 Å². The van der Waals surface area contributed by atoms with Gasteiger partial charge in [-0.3, -0.25) is 4.90 Å². The molecule has 0 aromatic heterocycles. The smallest absolute Gasteiger partial charge is 0.0980 e. The predicted molar refractivity (Wildman–Crippen MR) is 64.3 cm³/mol. The monoisotopic (exact) mass is 217 g/mol. The molecule has 16 heavy (non-hydrogen) atoms. The maximum absolute atomic E-state index is 5.99. The molecule has 2 atom stereocenters. The van der Waals surface area contributed by atoms with Crippen LogP contribution in [0.2, 0.25) is 0 Å². The minimum Gasteiger partial charge on any atom is -0.371 e. The van der Waals surface area contributed by atoms with Gasteiger partial charge in [0.25, 0.3) is 0 Å². The number of morpholine rings is 1. The van der Waals surface area contributed by atoms with Gasteiger partial charge in [0.15, 0.2) is 0 Å². The Labute approximate surface area is 97.2 Å². The third kappa shape index (κ3) is 1.87. The number of ether oxygens (including phenoxy) is 1. The molecule has 0 radical (unpaired) electrons. The van der Waals surface area contributed by atoms with Crippen LogP contribution in [-0.2, 0) is 4.74 Å². The number of piperidine rings is 1. The van der Waals surface area contributed by atoms with E-state index >= 15 is 0 Å². The molecule has 0 saturated carbocycles. The number of hydrogen-bond donors (Lipinski definition) is 0. The molecule has 2 fully saturated rings. The molecule has 0 N–H and O–H groups in total. The van der Waals surface area contributed by atoms with Crippen LogP contribution in [0.4, 0.5) is 0 Å². The molecule has 0 spiro atoms. The summed E-state index contributed by atoms with van der Waals surface area (Å²) in [6, 6.07) is 11.3. The fourth-order valence-corrected chi connectivity index (χ4v) is 3.01. The van der Waals surface area contributed by atoms with Crippen LogP contribution >= 0.6 is 0 Å². The quantitative estimate of drug-likeness (QED) is 0.717. The Hall–Kier alpha value is -0.860. The Morgan fingerprint density at radius 2 is 1.94 bits per heavy atom. The van der Waals surface area contributed by atoms with E-state index in [2.05, 4.69) is 35.2 Å². The molecule has 3 rings (SSSR count). The molecule has 2 heteroatoms. The van der Waals surface area contributed by atoms with E-state index in [1.54, 1.807) is 0 Å². The summed E-state index contributed by atoms with van der Waals surface area (Å²) < 4.78 is 5.99. The van der Waals surface area contributed by atoms with Crippen LogP contribution in [0.15, 0.2) is 30.3 Å². The fraction of sp³-hybridized carbons (Fsp3) is 0.571. The van der Waals surface area contributed by atoms with Gasteiger partial charge >= 0.3 is 0 Å². The van der Waals surface area contributed by atoms with Gasteiger partial charge in [0.1, 0.15) is 0 Å². The van der Waals surface area contributed by atoms with Crippen LogP contribution in [0, 0.1) is 0 Å². The molecular weight excluding hydrogens is 198 g/mol. The Morgan fingerprint density at radius 3 is 2.81 bits per heavy atom. The van der Waals surface area contributed by atoms with Gasteiger partial charge < -0.3 is 4.74 Å². The Morgan fingerprint density at radius 1 is 1.06 bits per heavy atom. The van der Waals surface area contributed by atoms with E-state index in [1.165, 1.54) is 31.4 Å². The van der Waals surface area contributed by atoms with Gasteiger partial charge in [0.05, 0.1) is 12.7 Å². The van der Waals surface area contributed by atoms with E-state index in [-0.39, 0.29) is 0 Å². The molecule has 1 aromatic rings. The summed E-state index contributed by atoms with van der Waals surface area (Å²) in [7, 11) is 0. The third-order valence-electron chi connectivity index (χ3n) is 3.82. The molecule has 2 aliphatic heterocycles. The van der Waals surface area contributed by atoms with Gasteiger partial charge in [0, 0.05) is 12.6 Å². The minimum absolute atomic E-state index is 0.301. The van der Waals surface area contributed by atoms with E-state index in [9.17, 15) is 0 Å². The first-order valence-corrected chi connectivity index (χ1v) is 6.36. The van der Waals surface area contributed by atoms with E-state index < -0.39 is 0 Å². The number of fused-ring (bicyclic) bond motifs is 1. The van der Waals surface area contributed by atoms with Crippen LogP contribution in [-0.4, -0.2) is 30.6 Å². The predicted octanol–water partition coefficient (Wildman–Crippen LogP) is 2.61. The van der Waals surface area contributed by atoms with Crippen molar-refractivity contribution in [3.63, 3.8) is 0 Å². The lowest BCUT2D eigenvalue weighted by Crippen LogP contribution is -2.49. The van der Waals surface area contributed by atoms with Crippen LogP contribution < -0.4 is 0 Å². The maximum atomic E-state index is 5.99. The topological polar surface area (TPSA) is 12.5 Å². The number of rotatable bonds is 1. The van der Waals surface area contributed by atoms with Crippen molar-refractivity contribution in [1.82, 2.24) is 4.90 Å². The Balaban J connectivity index is 1.83. The summed E-state index contributed by atoms with van der Waals surface area (Å²) >= 11 is 0. The Bertz CT molecular complexity index is 336. The lowest BCUT2D eigenvalue weighted by molar-refractivity contribution is -0.0857. The number of benzene rings is 1. The molecule has 1 aromatic carbocycles. The average molecular weight is 217 g/mol. The van der Waals surface area contributed by atoms with Crippen molar-refractivity contribution in [3.05, 3.63) is 35.9 Å². The first kappa shape index (κ1) is 10.3. The molecular formula is C14H19NO. The molecule has 2 saturated heterocycles. The highest BCUT2D eigenvalue weighted by molar-refractivity contribution is 5.20. The molecule has 86 valence electrons.